The van der Waals surface area contributed by atoms with E-state index in [-0.39, 0.29) is 0 Å². The fourth-order valence-corrected chi connectivity index (χ4v) is 1.06. The van der Waals surface area contributed by atoms with Crippen LogP contribution >= 0.6 is 11.6 Å². The number of alkyl halides is 2. The van der Waals surface area contributed by atoms with Crippen LogP contribution in [0.15, 0.2) is 24.3 Å². The van der Waals surface area contributed by atoms with Crippen molar-refractivity contribution in [1.29, 1.82) is 0 Å². The van der Waals surface area contributed by atoms with Crippen LogP contribution in [0.5, 0.6) is 0 Å². The van der Waals surface area contributed by atoms with Crippen LogP contribution in [0, 0.1) is 0 Å². The number of halogens is 3. The van der Waals surface area contributed by atoms with E-state index in [1.807, 2.05) is 0 Å². The molecule has 4 heteroatoms. The van der Waals surface area contributed by atoms with E-state index in [9.17, 15) is 8.78 Å². The third-order valence-electron chi connectivity index (χ3n) is 1.51. The van der Waals surface area contributed by atoms with Crippen molar-refractivity contribution in [3.8, 4) is 0 Å². The van der Waals surface area contributed by atoms with Gasteiger partial charge in [0.2, 0.25) is 0 Å². The van der Waals surface area contributed by atoms with E-state index in [4.69, 9.17) is 17.3 Å². The molecule has 0 amide bonds. The number of benzene rings is 1. The lowest BCUT2D eigenvalue weighted by atomic mass is 10.1. The lowest BCUT2D eigenvalue weighted by molar-refractivity contribution is 0.116. The van der Waals surface area contributed by atoms with E-state index in [2.05, 4.69) is 0 Å². The van der Waals surface area contributed by atoms with E-state index in [1.54, 1.807) is 12.1 Å². The minimum Gasteiger partial charge on any atom is -0.319 e. The number of rotatable bonds is 2. The second kappa shape index (κ2) is 3.83. The average Bonchev–Trinajstić information content (AvgIpc) is 2.03. The van der Waals surface area contributed by atoms with Crippen LogP contribution in [-0.2, 0) is 0 Å². The predicted molar refractivity (Wildman–Crippen MR) is 44.4 cm³/mol. The minimum atomic E-state index is -2.55. The van der Waals surface area contributed by atoms with Gasteiger partial charge in [0.25, 0.3) is 6.43 Å². The Morgan fingerprint density at radius 1 is 1.33 bits per heavy atom. The van der Waals surface area contributed by atoms with Gasteiger partial charge in [-0.1, -0.05) is 23.7 Å². The molecule has 0 aliphatic carbocycles. The van der Waals surface area contributed by atoms with Crippen molar-refractivity contribution < 1.29 is 8.78 Å². The molecule has 12 heavy (non-hydrogen) atoms. The summed E-state index contributed by atoms with van der Waals surface area (Å²) in [4.78, 5) is 0. The molecular formula is C8H8ClF2N. The fraction of sp³-hybridized carbons (Fsp3) is 0.250. The number of hydrogen-bond acceptors (Lipinski definition) is 1. The highest BCUT2D eigenvalue weighted by Gasteiger charge is 2.16. The van der Waals surface area contributed by atoms with Crippen LogP contribution in [0.4, 0.5) is 8.78 Å². The van der Waals surface area contributed by atoms with Crippen LogP contribution in [0.2, 0.25) is 5.02 Å². The molecule has 0 unspecified atom stereocenters. The topological polar surface area (TPSA) is 26.0 Å². The van der Waals surface area contributed by atoms with Crippen LogP contribution in [0.3, 0.4) is 0 Å². The summed E-state index contributed by atoms with van der Waals surface area (Å²) in [7, 11) is 0. The van der Waals surface area contributed by atoms with E-state index < -0.39 is 12.5 Å². The molecule has 66 valence electrons. The maximum Gasteiger partial charge on any atom is 0.257 e. The van der Waals surface area contributed by atoms with Crippen molar-refractivity contribution in [3.63, 3.8) is 0 Å². The quantitative estimate of drug-likeness (QED) is 0.764. The maximum atomic E-state index is 12.1. The van der Waals surface area contributed by atoms with Crippen molar-refractivity contribution in [2.24, 2.45) is 5.73 Å². The van der Waals surface area contributed by atoms with E-state index >= 15 is 0 Å². The van der Waals surface area contributed by atoms with Gasteiger partial charge < -0.3 is 5.73 Å². The lowest BCUT2D eigenvalue weighted by Gasteiger charge is -2.10. The molecule has 0 heterocycles. The second-order valence-corrected chi connectivity index (χ2v) is 2.85. The zero-order chi connectivity index (χ0) is 9.14. The first kappa shape index (κ1) is 9.42. The zero-order valence-electron chi connectivity index (χ0n) is 6.18. The molecule has 0 radical (unpaired) electrons. The monoisotopic (exact) mass is 191 g/mol. The molecule has 0 aromatic heterocycles. The number of nitrogens with two attached hydrogens (primary N) is 1. The molecule has 1 aromatic rings. The molecule has 1 atom stereocenters. The van der Waals surface area contributed by atoms with Crippen molar-refractivity contribution in [2.45, 2.75) is 12.5 Å². The van der Waals surface area contributed by atoms with Crippen molar-refractivity contribution in [2.75, 3.05) is 0 Å². The molecule has 2 N–H and O–H groups in total. The van der Waals surface area contributed by atoms with Gasteiger partial charge in [-0.2, -0.15) is 0 Å². The summed E-state index contributed by atoms with van der Waals surface area (Å²) in [6.45, 7) is 0. The summed E-state index contributed by atoms with van der Waals surface area (Å²) in [5, 5.41) is 0.420. The molecule has 1 rings (SSSR count). The first-order valence-corrected chi connectivity index (χ1v) is 3.78. The molecule has 1 aromatic carbocycles. The van der Waals surface area contributed by atoms with Gasteiger partial charge in [-0.25, -0.2) is 8.78 Å². The van der Waals surface area contributed by atoms with Crippen LogP contribution in [0.1, 0.15) is 11.6 Å². The highest BCUT2D eigenvalue weighted by Crippen LogP contribution is 2.20. The third kappa shape index (κ3) is 2.16. The Hall–Kier alpha value is -0.670. The van der Waals surface area contributed by atoms with Gasteiger partial charge in [0.1, 0.15) is 0 Å². The van der Waals surface area contributed by atoms with Crippen molar-refractivity contribution in [1.82, 2.24) is 0 Å². The van der Waals surface area contributed by atoms with Crippen LogP contribution in [0.25, 0.3) is 0 Å². The molecule has 0 saturated heterocycles. The minimum absolute atomic E-state index is 0.359. The smallest absolute Gasteiger partial charge is 0.257 e. The van der Waals surface area contributed by atoms with Gasteiger partial charge in [0, 0.05) is 5.02 Å². The highest BCUT2D eigenvalue weighted by atomic mass is 35.5. The molecule has 0 bridgehead atoms. The Morgan fingerprint density at radius 2 is 2.00 bits per heavy atom. The van der Waals surface area contributed by atoms with E-state index in [0.29, 0.717) is 10.6 Å². The Kier molecular flexibility index (Phi) is 3.00. The van der Waals surface area contributed by atoms with Gasteiger partial charge in [0.05, 0.1) is 6.04 Å². The molecule has 0 spiro atoms. The SMILES string of the molecule is N[C@@H](c1cccc(Cl)c1)C(F)F. The van der Waals surface area contributed by atoms with Crippen molar-refractivity contribution >= 4 is 11.6 Å². The first-order valence-electron chi connectivity index (χ1n) is 3.40. The Balaban J connectivity index is 2.88. The summed E-state index contributed by atoms with van der Waals surface area (Å²) >= 11 is 5.59. The van der Waals surface area contributed by atoms with Crippen molar-refractivity contribution in [3.05, 3.63) is 34.9 Å². The van der Waals surface area contributed by atoms with Gasteiger partial charge in [-0.3, -0.25) is 0 Å². The summed E-state index contributed by atoms with van der Waals surface area (Å²) < 4.78 is 24.2. The first-order chi connectivity index (χ1) is 5.61. The lowest BCUT2D eigenvalue weighted by Crippen LogP contribution is -2.18. The van der Waals surface area contributed by atoms with Crippen LogP contribution < -0.4 is 5.73 Å². The van der Waals surface area contributed by atoms with E-state index in [1.165, 1.54) is 12.1 Å². The Morgan fingerprint density at radius 3 is 2.50 bits per heavy atom. The van der Waals surface area contributed by atoms with Gasteiger partial charge in [-0.15, -0.1) is 0 Å². The largest absolute Gasteiger partial charge is 0.319 e. The van der Waals surface area contributed by atoms with Gasteiger partial charge >= 0.3 is 0 Å². The maximum absolute atomic E-state index is 12.1. The third-order valence-corrected chi connectivity index (χ3v) is 1.74. The zero-order valence-corrected chi connectivity index (χ0v) is 6.93. The Labute approximate surface area is 74.1 Å². The van der Waals surface area contributed by atoms with Gasteiger partial charge in [0.15, 0.2) is 0 Å². The standard InChI is InChI=1S/C8H8ClF2N/c9-6-3-1-2-5(4-6)7(12)8(10)11/h1-4,7-8H,12H2/t7-/m0/s1. The fourth-order valence-electron chi connectivity index (χ4n) is 0.859. The summed E-state index contributed by atoms with van der Waals surface area (Å²) in [6.07, 6.45) is -2.55. The molecule has 0 saturated carbocycles. The highest BCUT2D eigenvalue weighted by molar-refractivity contribution is 6.30. The second-order valence-electron chi connectivity index (χ2n) is 2.42. The summed E-state index contributed by atoms with van der Waals surface area (Å²) in [5.74, 6) is 0. The Bertz CT molecular complexity index is 265. The van der Waals surface area contributed by atoms with Gasteiger partial charge in [-0.05, 0) is 17.7 Å². The van der Waals surface area contributed by atoms with E-state index in [0.717, 1.165) is 0 Å². The number of hydrogen-bond donors (Lipinski definition) is 1. The molecule has 0 aliphatic heterocycles. The molecule has 1 nitrogen and oxygen atoms in total. The predicted octanol–water partition coefficient (Wildman–Crippen LogP) is 2.60. The summed E-state index contributed by atoms with van der Waals surface area (Å²) in [5.41, 5.74) is 5.56. The molecule has 0 fully saturated rings. The average molecular weight is 192 g/mol. The molecular weight excluding hydrogens is 184 g/mol. The normalized spacial score (nSPS) is 13.4. The molecule has 0 aliphatic rings. The summed E-state index contributed by atoms with van der Waals surface area (Å²) in [6, 6.07) is 4.94. The van der Waals surface area contributed by atoms with Crippen LogP contribution in [-0.4, -0.2) is 6.43 Å².